The second-order valence-electron chi connectivity index (χ2n) is 5.89. The minimum absolute atomic E-state index is 0.113. The van der Waals surface area contributed by atoms with Gasteiger partial charge in [-0.3, -0.25) is 9.59 Å². The van der Waals surface area contributed by atoms with E-state index in [0.717, 1.165) is 25.0 Å². The number of benzene rings is 1. The lowest BCUT2D eigenvalue weighted by atomic mass is 9.91. The van der Waals surface area contributed by atoms with E-state index >= 15 is 0 Å². The molecule has 1 unspecified atom stereocenters. The van der Waals surface area contributed by atoms with E-state index in [1.165, 1.54) is 11.0 Å². The average Bonchev–Trinajstić information content (AvgIpc) is 3.24. The van der Waals surface area contributed by atoms with Crippen molar-refractivity contribution in [1.29, 1.82) is 0 Å². The lowest BCUT2D eigenvalue weighted by Crippen LogP contribution is -2.66. The molecular weight excluding hydrogens is 278 g/mol. The van der Waals surface area contributed by atoms with Crippen LogP contribution in [0.4, 0.5) is 8.78 Å². The summed E-state index contributed by atoms with van der Waals surface area (Å²) in [5.74, 6) is -1.86. The molecule has 0 bridgehead atoms. The molecule has 1 saturated carbocycles. The molecule has 6 heteroatoms. The fraction of sp³-hybridized carbons (Fsp3) is 0.467. The van der Waals surface area contributed by atoms with Gasteiger partial charge in [0.05, 0.1) is 13.1 Å². The Morgan fingerprint density at radius 2 is 1.90 bits per heavy atom. The van der Waals surface area contributed by atoms with Gasteiger partial charge in [0, 0.05) is 5.56 Å². The number of hydrogen-bond donors (Lipinski definition) is 1. The Labute approximate surface area is 121 Å². The van der Waals surface area contributed by atoms with E-state index in [4.69, 9.17) is 0 Å². The second-order valence-corrected chi connectivity index (χ2v) is 5.89. The zero-order chi connectivity index (χ0) is 15.2. The van der Waals surface area contributed by atoms with E-state index in [1.54, 1.807) is 6.92 Å². The topological polar surface area (TPSA) is 49.4 Å². The van der Waals surface area contributed by atoms with Crippen LogP contribution in [0.25, 0.3) is 0 Å². The lowest BCUT2D eigenvalue weighted by molar-refractivity contribution is -0.150. The predicted molar refractivity (Wildman–Crippen MR) is 71.0 cm³/mol. The Morgan fingerprint density at radius 3 is 2.48 bits per heavy atom. The van der Waals surface area contributed by atoms with Gasteiger partial charge in [-0.15, -0.1) is 0 Å². The van der Waals surface area contributed by atoms with Crippen LogP contribution in [0.3, 0.4) is 0 Å². The molecular formula is C15H16F2N2O2. The Kier molecular flexibility index (Phi) is 3.19. The third-order valence-electron chi connectivity index (χ3n) is 4.27. The monoisotopic (exact) mass is 294 g/mol. The molecule has 1 aliphatic carbocycles. The summed E-state index contributed by atoms with van der Waals surface area (Å²) in [6.45, 7) is 1.29. The average molecular weight is 294 g/mol. The molecule has 2 fully saturated rings. The van der Waals surface area contributed by atoms with Gasteiger partial charge in [-0.1, -0.05) is 6.07 Å². The van der Waals surface area contributed by atoms with Gasteiger partial charge in [0.2, 0.25) is 11.8 Å². The Bertz CT molecular complexity index is 595. The summed E-state index contributed by atoms with van der Waals surface area (Å²) in [5.41, 5.74) is -1.13. The number of carbonyl (C=O) groups excluding carboxylic acids is 2. The molecule has 1 N–H and O–H groups in total. The Hall–Kier alpha value is -1.98. The van der Waals surface area contributed by atoms with Crippen LogP contribution in [-0.2, 0) is 16.1 Å². The molecule has 1 aliphatic heterocycles. The molecule has 21 heavy (non-hydrogen) atoms. The molecule has 1 atom stereocenters. The van der Waals surface area contributed by atoms with Crippen LogP contribution in [0.5, 0.6) is 0 Å². The number of piperazine rings is 1. The van der Waals surface area contributed by atoms with E-state index in [1.807, 2.05) is 0 Å². The zero-order valence-electron chi connectivity index (χ0n) is 11.7. The molecule has 1 aromatic rings. The van der Waals surface area contributed by atoms with Gasteiger partial charge >= 0.3 is 0 Å². The van der Waals surface area contributed by atoms with Crippen LogP contribution in [0.2, 0.25) is 0 Å². The summed E-state index contributed by atoms with van der Waals surface area (Å²) in [6.07, 6.45) is 1.76. The zero-order valence-corrected chi connectivity index (χ0v) is 11.7. The minimum Gasteiger partial charge on any atom is -0.340 e. The van der Waals surface area contributed by atoms with Crippen molar-refractivity contribution in [2.45, 2.75) is 31.8 Å². The highest BCUT2D eigenvalue weighted by Gasteiger charge is 2.52. The summed E-state index contributed by atoms with van der Waals surface area (Å²) in [4.78, 5) is 25.6. The van der Waals surface area contributed by atoms with Crippen LogP contribution in [-0.4, -0.2) is 28.8 Å². The minimum atomic E-state index is -0.947. The first-order valence-corrected chi connectivity index (χ1v) is 6.95. The van der Waals surface area contributed by atoms with Crippen molar-refractivity contribution in [2.24, 2.45) is 5.92 Å². The maximum absolute atomic E-state index is 13.7. The van der Waals surface area contributed by atoms with Crippen molar-refractivity contribution in [3.63, 3.8) is 0 Å². The standard InChI is InChI=1S/C15H16F2N2O2/c1-15(9-5-6-9)14(21)19(8-13(20)18-15)7-10-11(16)3-2-4-12(10)17/h2-4,9H,5-8H2,1H3,(H,18,20). The maximum Gasteiger partial charge on any atom is 0.249 e. The smallest absolute Gasteiger partial charge is 0.249 e. The summed E-state index contributed by atoms with van der Waals surface area (Å²) >= 11 is 0. The van der Waals surface area contributed by atoms with E-state index < -0.39 is 17.2 Å². The van der Waals surface area contributed by atoms with Crippen LogP contribution >= 0.6 is 0 Å². The molecule has 2 aliphatic rings. The highest BCUT2D eigenvalue weighted by atomic mass is 19.1. The van der Waals surface area contributed by atoms with Gasteiger partial charge in [-0.2, -0.15) is 0 Å². The summed E-state index contributed by atoms with van der Waals surface area (Å²) < 4.78 is 27.4. The van der Waals surface area contributed by atoms with Crippen molar-refractivity contribution >= 4 is 11.8 Å². The SMILES string of the molecule is CC1(C2CC2)NC(=O)CN(Cc2c(F)cccc2F)C1=O. The Balaban J connectivity index is 1.87. The molecule has 0 spiro atoms. The molecule has 4 nitrogen and oxygen atoms in total. The van der Waals surface area contributed by atoms with Crippen molar-refractivity contribution in [1.82, 2.24) is 10.2 Å². The normalized spacial score (nSPS) is 26.0. The number of amides is 2. The molecule has 2 amide bonds. The molecule has 0 radical (unpaired) electrons. The molecule has 3 rings (SSSR count). The van der Waals surface area contributed by atoms with E-state index in [0.29, 0.717) is 0 Å². The molecule has 1 saturated heterocycles. The van der Waals surface area contributed by atoms with E-state index in [9.17, 15) is 18.4 Å². The van der Waals surface area contributed by atoms with Gasteiger partial charge in [0.25, 0.3) is 0 Å². The Morgan fingerprint density at radius 1 is 1.29 bits per heavy atom. The number of carbonyl (C=O) groups is 2. The van der Waals surface area contributed by atoms with Crippen LogP contribution in [0.15, 0.2) is 18.2 Å². The predicted octanol–water partition coefficient (Wildman–Crippen LogP) is 1.59. The first-order valence-electron chi connectivity index (χ1n) is 6.95. The molecule has 0 aromatic heterocycles. The van der Waals surface area contributed by atoms with Gasteiger partial charge in [-0.25, -0.2) is 8.78 Å². The number of rotatable bonds is 3. The summed E-state index contributed by atoms with van der Waals surface area (Å²) in [6, 6.07) is 3.56. The van der Waals surface area contributed by atoms with Gasteiger partial charge in [0.15, 0.2) is 0 Å². The van der Waals surface area contributed by atoms with Gasteiger partial charge in [-0.05, 0) is 37.8 Å². The van der Waals surface area contributed by atoms with E-state index in [2.05, 4.69) is 5.32 Å². The quantitative estimate of drug-likeness (QED) is 0.920. The molecule has 1 aromatic carbocycles. The summed E-state index contributed by atoms with van der Waals surface area (Å²) in [5, 5.41) is 2.73. The van der Waals surface area contributed by atoms with Crippen molar-refractivity contribution in [3.05, 3.63) is 35.4 Å². The number of nitrogens with zero attached hydrogens (tertiary/aromatic N) is 1. The number of halogens is 2. The van der Waals surface area contributed by atoms with Crippen molar-refractivity contribution in [3.8, 4) is 0 Å². The third kappa shape index (κ3) is 2.39. The fourth-order valence-electron chi connectivity index (χ4n) is 2.90. The first-order chi connectivity index (χ1) is 9.91. The van der Waals surface area contributed by atoms with Crippen LogP contribution < -0.4 is 5.32 Å². The number of hydrogen-bond acceptors (Lipinski definition) is 2. The fourth-order valence-corrected chi connectivity index (χ4v) is 2.90. The molecule has 1 heterocycles. The maximum atomic E-state index is 13.7. The van der Waals surface area contributed by atoms with Crippen LogP contribution in [0, 0.1) is 17.6 Å². The largest absolute Gasteiger partial charge is 0.340 e. The van der Waals surface area contributed by atoms with Gasteiger partial charge in [0.1, 0.15) is 17.2 Å². The number of nitrogens with one attached hydrogen (secondary N) is 1. The van der Waals surface area contributed by atoms with Crippen molar-refractivity contribution in [2.75, 3.05) is 6.54 Å². The molecule has 112 valence electrons. The van der Waals surface area contributed by atoms with E-state index in [-0.39, 0.29) is 36.4 Å². The van der Waals surface area contributed by atoms with Crippen molar-refractivity contribution < 1.29 is 18.4 Å². The second kappa shape index (κ2) is 4.79. The first kappa shape index (κ1) is 14.0. The van der Waals surface area contributed by atoms with Crippen LogP contribution in [0.1, 0.15) is 25.3 Å². The highest BCUT2D eigenvalue weighted by Crippen LogP contribution is 2.41. The summed E-state index contributed by atoms with van der Waals surface area (Å²) in [7, 11) is 0. The highest BCUT2D eigenvalue weighted by molar-refractivity contribution is 5.98. The third-order valence-corrected chi connectivity index (χ3v) is 4.27. The lowest BCUT2D eigenvalue weighted by Gasteiger charge is -2.40. The van der Waals surface area contributed by atoms with Gasteiger partial charge < -0.3 is 10.2 Å².